The molecule has 2 N–H and O–H groups in total. The summed E-state index contributed by atoms with van der Waals surface area (Å²) < 4.78 is 4.82. The Kier molecular flexibility index (Phi) is 0.887. The van der Waals surface area contributed by atoms with Crippen molar-refractivity contribution in [2.24, 2.45) is 0 Å². The quantitative estimate of drug-likeness (QED) is 0.576. The summed E-state index contributed by atoms with van der Waals surface area (Å²) in [5.74, 6) is 0. The molecule has 0 unspecified atom stereocenters. The standard InChI is InChI=1S/C6H5N3O/c7-1-5-4-2-9-10-6(4)3-8-5/h1-3,7-8H. The van der Waals surface area contributed by atoms with Gasteiger partial charge in [-0.1, -0.05) is 5.16 Å². The lowest BCUT2D eigenvalue weighted by Crippen LogP contribution is -1.75. The van der Waals surface area contributed by atoms with Gasteiger partial charge in [-0.05, 0) is 0 Å². The van der Waals surface area contributed by atoms with E-state index in [0.29, 0.717) is 5.58 Å². The summed E-state index contributed by atoms with van der Waals surface area (Å²) in [5.41, 5.74) is 1.43. The lowest BCUT2D eigenvalue weighted by molar-refractivity contribution is 0.456. The van der Waals surface area contributed by atoms with Gasteiger partial charge in [-0.15, -0.1) is 0 Å². The van der Waals surface area contributed by atoms with E-state index in [0.717, 1.165) is 11.1 Å². The molecule has 50 valence electrons. The Labute approximate surface area is 56.3 Å². The fraction of sp³-hybridized carbons (Fsp3) is 0. The highest BCUT2D eigenvalue weighted by molar-refractivity contribution is 5.94. The molecule has 0 spiro atoms. The first-order valence-electron chi connectivity index (χ1n) is 2.84. The Hall–Kier alpha value is -1.58. The van der Waals surface area contributed by atoms with Crippen LogP contribution in [0, 0.1) is 5.41 Å². The lowest BCUT2D eigenvalue weighted by atomic mass is 10.3. The van der Waals surface area contributed by atoms with Gasteiger partial charge in [-0.2, -0.15) is 0 Å². The molecule has 2 heterocycles. The van der Waals surface area contributed by atoms with Crippen LogP contribution in [0.25, 0.3) is 11.0 Å². The molecule has 0 saturated carbocycles. The summed E-state index contributed by atoms with van der Waals surface area (Å²) >= 11 is 0. The van der Waals surface area contributed by atoms with Gasteiger partial charge >= 0.3 is 0 Å². The van der Waals surface area contributed by atoms with E-state index in [-0.39, 0.29) is 0 Å². The third-order valence-electron chi connectivity index (χ3n) is 1.39. The van der Waals surface area contributed by atoms with Gasteiger partial charge in [0, 0.05) is 12.4 Å². The van der Waals surface area contributed by atoms with Crippen LogP contribution in [0.1, 0.15) is 5.69 Å². The van der Waals surface area contributed by atoms with E-state index < -0.39 is 0 Å². The molecule has 2 aromatic rings. The van der Waals surface area contributed by atoms with Gasteiger partial charge in [0.1, 0.15) is 0 Å². The van der Waals surface area contributed by atoms with Gasteiger partial charge in [0.2, 0.25) is 0 Å². The van der Waals surface area contributed by atoms with E-state index in [2.05, 4.69) is 10.1 Å². The zero-order valence-corrected chi connectivity index (χ0v) is 5.09. The summed E-state index contributed by atoms with van der Waals surface area (Å²) in [4.78, 5) is 2.87. The van der Waals surface area contributed by atoms with E-state index >= 15 is 0 Å². The van der Waals surface area contributed by atoms with Crippen molar-refractivity contribution in [3.8, 4) is 0 Å². The van der Waals surface area contributed by atoms with E-state index in [9.17, 15) is 0 Å². The molecule has 0 aromatic carbocycles. The highest BCUT2D eigenvalue weighted by atomic mass is 16.5. The third-order valence-corrected chi connectivity index (χ3v) is 1.39. The molecule has 2 aromatic heterocycles. The van der Waals surface area contributed by atoms with Gasteiger partial charge in [0.05, 0.1) is 17.3 Å². The van der Waals surface area contributed by atoms with Crippen molar-refractivity contribution in [3.63, 3.8) is 0 Å². The predicted molar refractivity (Wildman–Crippen MR) is 36.2 cm³/mol. The molecule has 0 atom stereocenters. The van der Waals surface area contributed by atoms with Crippen molar-refractivity contribution in [2.75, 3.05) is 0 Å². The molecule has 10 heavy (non-hydrogen) atoms. The van der Waals surface area contributed by atoms with E-state index in [4.69, 9.17) is 9.93 Å². The SMILES string of the molecule is N=Cc1[nH]cc2oncc12. The number of fused-ring (bicyclic) bond motifs is 1. The summed E-state index contributed by atoms with van der Waals surface area (Å²) in [6, 6.07) is 0. The van der Waals surface area contributed by atoms with Crippen molar-refractivity contribution in [1.82, 2.24) is 10.1 Å². The van der Waals surface area contributed by atoms with Gasteiger partial charge in [0.15, 0.2) is 5.58 Å². The number of hydrogen-bond donors (Lipinski definition) is 2. The lowest BCUT2D eigenvalue weighted by Gasteiger charge is -1.77. The molecule has 0 fully saturated rings. The number of hydrogen-bond acceptors (Lipinski definition) is 3. The Morgan fingerprint density at radius 2 is 2.60 bits per heavy atom. The molecule has 4 nitrogen and oxygen atoms in total. The van der Waals surface area contributed by atoms with Crippen LogP contribution in [-0.2, 0) is 0 Å². The zero-order valence-electron chi connectivity index (χ0n) is 5.09. The topological polar surface area (TPSA) is 65.7 Å². The molecular weight excluding hydrogens is 130 g/mol. The molecule has 0 amide bonds. The van der Waals surface area contributed by atoms with Crippen LogP contribution >= 0.6 is 0 Å². The average molecular weight is 135 g/mol. The van der Waals surface area contributed by atoms with E-state index in [1.807, 2.05) is 0 Å². The predicted octanol–water partition coefficient (Wildman–Crippen LogP) is 1.15. The molecule has 0 aliphatic heterocycles. The summed E-state index contributed by atoms with van der Waals surface area (Å²) in [6.45, 7) is 0. The normalized spacial score (nSPS) is 10.4. The Morgan fingerprint density at radius 3 is 3.40 bits per heavy atom. The molecule has 4 heteroatoms. The number of aromatic nitrogens is 2. The van der Waals surface area contributed by atoms with Gasteiger partial charge in [-0.3, -0.25) is 0 Å². The van der Waals surface area contributed by atoms with Crippen molar-refractivity contribution in [3.05, 3.63) is 18.1 Å². The second-order valence-electron chi connectivity index (χ2n) is 1.95. The molecule has 0 aliphatic carbocycles. The molecule has 0 aliphatic rings. The third kappa shape index (κ3) is 0.500. The van der Waals surface area contributed by atoms with Crippen LogP contribution in [0.3, 0.4) is 0 Å². The van der Waals surface area contributed by atoms with Crippen molar-refractivity contribution in [1.29, 1.82) is 5.41 Å². The van der Waals surface area contributed by atoms with Crippen LogP contribution in [0.2, 0.25) is 0 Å². The second-order valence-corrected chi connectivity index (χ2v) is 1.95. The van der Waals surface area contributed by atoms with Crippen molar-refractivity contribution >= 4 is 17.2 Å². The summed E-state index contributed by atoms with van der Waals surface area (Å²) in [6.07, 6.45) is 4.51. The maximum absolute atomic E-state index is 6.96. The zero-order chi connectivity index (χ0) is 6.97. The molecule has 0 bridgehead atoms. The number of nitrogens with one attached hydrogen (secondary N) is 2. The van der Waals surface area contributed by atoms with E-state index in [1.165, 1.54) is 6.21 Å². The largest absolute Gasteiger partial charge is 0.356 e. The highest BCUT2D eigenvalue weighted by Crippen LogP contribution is 2.14. The minimum atomic E-state index is 0.693. The highest BCUT2D eigenvalue weighted by Gasteiger charge is 2.02. The Bertz CT molecular complexity index is 360. The minimum Gasteiger partial charge on any atom is -0.356 e. The number of H-pyrrole nitrogens is 1. The van der Waals surface area contributed by atoms with Crippen LogP contribution in [0.15, 0.2) is 16.9 Å². The van der Waals surface area contributed by atoms with E-state index in [1.54, 1.807) is 12.4 Å². The summed E-state index contributed by atoms with van der Waals surface area (Å²) in [5, 5.41) is 11.4. The first-order valence-corrected chi connectivity index (χ1v) is 2.84. The van der Waals surface area contributed by atoms with Crippen LogP contribution in [-0.4, -0.2) is 16.4 Å². The minimum absolute atomic E-state index is 0.693. The van der Waals surface area contributed by atoms with Gasteiger partial charge in [-0.25, -0.2) is 0 Å². The molecule has 0 radical (unpaired) electrons. The fourth-order valence-electron chi connectivity index (χ4n) is 0.895. The van der Waals surface area contributed by atoms with Gasteiger partial charge < -0.3 is 14.9 Å². The molecule has 0 saturated heterocycles. The first-order chi connectivity index (χ1) is 4.92. The van der Waals surface area contributed by atoms with Crippen molar-refractivity contribution in [2.45, 2.75) is 0 Å². The van der Waals surface area contributed by atoms with Crippen LogP contribution < -0.4 is 0 Å². The summed E-state index contributed by atoms with van der Waals surface area (Å²) in [7, 11) is 0. The second kappa shape index (κ2) is 1.70. The maximum Gasteiger partial charge on any atom is 0.184 e. The smallest absolute Gasteiger partial charge is 0.184 e. The number of nitrogens with zero attached hydrogens (tertiary/aromatic N) is 1. The Morgan fingerprint density at radius 1 is 1.70 bits per heavy atom. The average Bonchev–Trinajstić information content (AvgIpc) is 2.44. The number of aromatic amines is 1. The maximum atomic E-state index is 6.96. The Balaban J connectivity index is 2.88. The monoisotopic (exact) mass is 135 g/mol. The fourth-order valence-corrected chi connectivity index (χ4v) is 0.895. The number of rotatable bonds is 1. The first kappa shape index (κ1) is 5.22. The molecular formula is C6H5N3O. The van der Waals surface area contributed by atoms with Gasteiger partial charge in [0.25, 0.3) is 0 Å². The van der Waals surface area contributed by atoms with Crippen molar-refractivity contribution < 1.29 is 4.52 Å². The van der Waals surface area contributed by atoms with Crippen LogP contribution in [0.5, 0.6) is 0 Å². The molecule has 2 rings (SSSR count). The van der Waals surface area contributed by atoms with Crippen LogP contribution in [0.4, 0.5) is 0 Å².